The molecule has 3 rings (SSSR count). The Labute approximate surface area is 153 Å². The van der Waals surface area contributed by atoms with Gasteiger partial charge in [0.25, 0.3) is 0 Å². The average Bonchev–Trinajstić information content (AvgIpc) is 3.09. The molecule has 7 nitrogen and oxygen atoms in total. The summed E-state index contributed by atoms with van der Waals surface area (Å²) in [5, 5.41) is 2.54. The molecule has 1 fully saturated rings. The summed E-state index contributed by atoms with van der Waals surface area (Å²) < 4.78 is 43.6. The summed E-state index contributed by atoms with van der Waals surface area (Å²) in [6.45, 7) is 1.98. The minimum Gasteiger partial charge on any atom is -0.490 e. The Bertz CT molecular complexity index is 781. The number of likely N-dealkylation sites (tertiary alicyclic amines) is 1. The summed E-state index contributed by atoms with van der Waals surface area (Å²) in [7, 11) is 0. The molecule has 2 aliphatic rings. The average molecular weight is 385 g/mol. The lowest BCUT2D eigenvalue weighted by molar-refractivity contribution is -0.186. The van der Waals surface area contributed by atoms with Crippen LogP contribution in [-0.2, 0) is 14.4 Å². The van der Waals surface area contributed by atoms with Crippen molar-refractivity contribution in [3.63, 3.8) is 0 Å². The highest BCUT2D eigenvalue weighted by Gasteiger charge is 2.47. The number of ether oxygens (including phenoxy) is 1. The first-order chi connectivity index (χ1) is 12.7. The van der Waals surface area contributed by atoms with E-state index in [0.717, 1.165) is 0 Å². The van der Waals surface area contributed by atoms with Gasteiger partial charge in [-0.15, -0.1) is 0 Å². The number of anilines is 2. The number of carbonyl (C=O) groups is 3. The van der Waals surface area contributed by atoms with Crippen molar-refractivity contribution >= 4 is 29.1 Å². The van der Waals surface area contributed by atoms with Gasteiger partial charge in [-0.1, -0.05) is 0 Å². The van der Waals surface area contributed by atoms with Gasteiger partial charge in [-0.2, -0.15) is 13.2 Å². The number of amides is 3. The molecule has 1 saturated heterocycles. The molecule has 1 N–H and O–H groups in total. The highest BCUT2D eigenvalue weighted by molar-refractivity contribution is 6.00. The number of hydrogen-bond donors (Lipinski definition) is 1. The Balaban J connectivity index is 1.77. The maximum absolute atomic E-state index is 12.7. The molecule has 2 aliphatic heterocycles. The molecule has 1 atom stereocenters. The zero-order valence-electron chi connectivity index (χ0n) is 14.5. The molecule has 27 heavy (non-hydrogen) atoms. The largest absolute Gasteiger partial charge is 0.490 e. The van der Waals surface area contributed by atoms with Gasteiger partial charge in [-0.25, -0.2) is 0 Å². The second-order valence-electron chi connectivity index (χ2n) is 6.35. The quantitative estimate of drug-likeness (QED) is 0.844. The van der Waals surface area contributed by atoms with E-state index in [1.807, 2.05) is 0 Å². The van der Waals surface area contributed by atoms with Gasteiger partial charge in [-0.3, -0.25) is 14.4 Å². The van der Waals surface area contributed by atoms with E-state index >= 15 is 0 Å². The van der Waals surface area contributed by atoms with E-state index in [2.05, 4.69) is 5.32 Å². The van der Waals surface area contributed by atoms with Gasteiger partial charge in [-0.05, 0) is 31.0 Å². The summed E-state index contributed by atoms with van der Waals surface area (Å²) in [6.07, 6.45) is -4.55. The van der Waals surface area contributed by atoms with Crippen LogP contribution in [0.1, 0.15) is 19.8 Å². The Morgan fingerprint density at radius 1 is 1.22 bits per heavy atom. The van der Waals surface area contributed by atoms with Crippen molar-refractivity contribution in [1.82, 2.24) is 4.90 Å². The Hall–Kier alpha value is -2.78. The molecule has 0 spiro atoms. The van der Waals surface area contributed by atoms with Crippen LogP contribution in [0.2, 0.25) is 0 Å². The molecule has 1 unspecified atom stereocenters. The topological polar surface area (TPSA) is 79.0 Å². The zero-order chi connectivity index (χ0) is 19.8. The Morgan fingerprint density at radius 3 is 2.63 bits per heavy atom. The third kappa shape index (κ3) is 3.83. The Kier molecular flexibility index (Phi) is 4.99. The van der Waals surface area contributed by atoms with Crippen molar-refractivity contribution in [2.75, 3.05) is 29.9 Å². The number of benzene rings is 1. The molecule has 0 aliphatic carbocycles. The first kappa shape index (κ1) is 19.0. The summed E-state index contributed by atoms with van der Waals surface area (Å²) >= 11 is 0. The molecule has 0 bridgehead atoms. The number of nitrogens with zero attached hydrogens (tertiary/aromatic N) is 2. The third-order valence-electron chi connectivity index (χ3n) is 4.53. The van der Waals surface area contributed by atoms with Crippen LogP contribution in [0, 0.1) is 0 Å². The van der Waals surface area contributed by atoms with E-state index in [-0.39, 0.29) is 18.9 Å². The van der Waals surface area contributed by atoms with Crippen LogP contribution in [0.3, 0.4) is 0 Å². The predicted octanol–water partition coefficient (Wildman–Crippen LogP) is 1.92. The van der Waals surface area contributed by atoms with Crippen LogP contribution in [0.25, 0.3) is 0 Å². The van der Waals surface area contributed by atoms with Gasteiger partial charge in [0.05, 0.1) is 12.2 Å². The van der Waals surface area contributed by atoms with E-state index in [1.165, 1.54) is 24.0 Å². The summed E-state index contributed by atoms with van der Waals surface area (Å²) in [5.41, 5.74) is 0.781. The normalized spacial score (nSPS) is 19.3. The number of nitrogens with one attached hydrogen (secondary N) is 1. The van der Waals surface area contributed by atoms with Gasteiger partial charge >= 0.3 is 12.1 Å². The molecule has 1 aromatic rings. The van der Waals surface area contributed by atoms with Crippen molar-refractivity contribution in [2.45, 2.75) is 32.0 Å². The first-order valence-electron chi connectivity index (χ1n) is 8.42. The number of alkyl halides is 3. The number of halogens is 3. The highest BCUT2D eigenvalue weighted by atomic mass is 19.4. The standard InChI is InChI=1S/C17H18F3N3O4/c1-10(24)22-7-8-27-14-5-4-11(9-13(14)22)21-15(25)12-3-2-6-23(12)16(26)17(18,19)20/h4-5,9,12H,2-3,6-8H2,1H3,(H,21,25). The van der Waals surface area contributed by atoms with Crippen molar-refractivity contribution in [1.29, 1.82) is 0 Å². The van der Waals surface area contributed by atoms with Crippen molar-refractivity contribution in [3.05, 3.63) is 18.2 Å². The smallest absolute Gasteiger partial charge is 0.471 e. The second-order valence-corrected chi connectivity index (χ2v) is 6.35. The van der Waals surface area contributed by atoms with Gasteiger partial charge in [0.2, 0.25) is 11.8 Å². The molecule has 0 saturated carbocycles. The zero-order valence-corrected chi connectivity index (χ0v) is 14.5. The molecule has 3 amide bonds. The van der Waals surface area contributed by atoms with Crippen LogP contribution in [0.15, 0.2) is 18.2 Å². The van der Waals surface area contributed by atoms with Gasteiger partial charge in [0.1, 0.15) is 18.4 Å². The molecule has 10 heteroatoms. The van der Waals surface area contributed by atoms with Crippen molar-refractivity contribution in [2.24, 2.45) is 0 Å². The third-order valence-corrected chi connectivity index (χ3v) is 4.53. The summed E-state index contributed by atoms with van der Waals surface area (Å²) in [4.78, 5) is 37.8. The first-order valence-corrected chi connectivity index (χ1v) is 8.42. The fraction of sp³-hybridized carbons (Fsp3) is 0.471. The fourth-order valence-electron chi connectivity index (χ4n) is 3.29. The lowest BCUT2D eigenvalue weighted by atomic mass is 10.1. The maximum atomic E-state index is 12.7. The molecule has 0 radical (unpaired) electrons. The van der Waals surface area contributed by atoms with Crippen LogP contribution in [0.4, 0.5) is 24.5 Å². The van der Waals surface area contributed by atoms with E-state index in [4.69, 9.17) is 4.74 Å². The SMILES string of the molecule is CC(=O)N1CCOc2ccc(NC(=O)C3CCCN3C(=O)C(F)(F)F)cc21. The lowest BCUT2D eigenvalue weighted by Gasteiger charge is -2.29. The number of rotatable bonds is 2. The van der Waals surface area contributed by atoms with Crippen LogP contribution < -0.4 is 15.0 Å². The molecular weight excluding hydrogens is 367 g/mol. The van der Waals surface area contributed by atoms with E-state index in [0.29, 0.717) is 41.6 Å². The monoisotopic (exact) mass is 385 g/mol. The minimum atomic E-state index is -5.02. The summed E-state index contributed by atoms with van der Waals surface area (Å²) in [5.74, 6) is -2.43. The molecule has 0 aromatic heterocycles. The van der Waals surface area contributed by atoms with Crippen LogP contribution >= 0.6 is 0 Å². The van der Waals surface area contributed by atoms with Gasteiger partial charge < -0.3 is 19.9 Å². The summed E-state index contributed by atoms with van der Waals surface area (Å²) in [6, 6.07) is 3.45. The van der Waals surface area contributed by atoms with Crippen LogP contribution in [-0.4, -0.2) is 54.5 Å². The lowest BCUT2D eigenvalue weighted by Crippen LogP contribution is -2.48. The molecule has 2 heterocycles. The van der Waals surface area contributed by atoms with Crippen molar-refractivity contribution < 1.29 is 32.3 Å². The van der Waals surface area contributed by atoms with Crippen LogP contribution in [0.5, 0.6) is 5.75 Å². The highest BCUT2D eigenvalue weighted by Crippen LogP contribution is 2.34. The van der Waals surface area contributed by atoms with Gasteiger partial charge in [0.15, 0.2) is 0 Å². The fourth-order valence-corrected chi connectivity index (χ4v) is 3.29. The predicted molar refractivity (Wildman–Crippen MR) is 89.4 cm³/mol. The number of fused-ring (bicyclic) bond motifs is 1. The van der Waals surface area contributed by atoms with E-state index < -0.39 is 24.0 Å². The second kappa shape index (κ2) is 7.09. The minimum absolute atomic E-state index is 0.118. The van der Waals surface area contributed by atoms with Crippen molar-refractivity contribution in [3.8, 4) is 5.75 Å². The van der Waals surface area contributed by atoms with E-state index in [1.54, 1.807) is 6.07 Å². The van der Waals surface area contributed by atoms with Gasteiger partial charge in [0, 0.05) is 19.2 Å². The molecular formula is C17H18F3N3O4. The maximum Gasteiger partial charge on any atom is 0.471 e. The Morgan fingerprint density at radius 2 is 1.96 bits per heavy atom. The van der Waals surface area contributed by atoms with E-state index in [9.17, 15) is 27.6 Å². The number of hydrogen-bond acceptors (Lipinski definition) is 4. The molecule has 146 valence electrons. The molecule has 1 aromatic carbocycles. The number of carbonyl (C=O) groups excluding carboxylic acids is 3.